The smallest absolute Gasteiger partial charge is 0.338 e. The van der Waals surface area contributed by atoms with Gasteiger partial charge in [0.25, 0.3) is 0 Å². The summed E-state index contributed by atoms with van der Waals surface area (Å²) in [5, 5.41) is 0.348. The van der Waals surface area contributed by atoms with Gasteiger partial charge >= 0.3 is 5.97 Å². The Morgan fingerprint density at radius 2 is 2.00 bits per heavy atom. The minimum absolute atomic E-state index is 0.0665. The van der Waals surface area contributed by atoms with E-state index in [2.05, 4.69) is 14.5 Å². The summed E-state index contributed by atoms with van der Waals surface area (Å²) in [6.07, 6.45) is 3.83. The van der Waals surface area contributed by atoms with Crippen LogP contribution in [0.3, 0.4) is 0 Å². The number of pyridine rings is 1. The number of nitrogens with zero attached hydrogens (tertiary/aromatic N) is 4. The summed E-state index contributed by atoms with van der Waals surface area (Å²) in [6.45, 7) is 9.30. The molecule has 2 aliphatic heterocycles. The molecule has 0 amide bonds. The number of aromatic nitrogens is 3. The number of hydrogen-bond donors (Lipinski definition) is 0. The fourth-order valence-electron chi connectivity index (χ4n) is 5.27. The number of carbonyl (C=O) groups excluding carboxylic acids is 1. The van der Waals surface area contributed by atoms with Crippen LogP contribution < -0.4 is 4.74 Å². The highest BCUT2D eigenvalue weighted by Crippen LogP contribution is 2.27. The lowest BCUT2D eigenvalue weighted by molar-refractivity contribution is -0.0592. The molecular formula is C32H34ClFN4O4. The molecule has 2 aromatic carbocycles. The van der Waals surface area contributed by atoms with Crippen LogP contribution in [0.15, 0.2) is 48.7 Å². The van der Waals surface area contributed by atoms with Gasteiger partial charge in [0.2, 0.25) is 5.88 Å². The van der Waals surface area contributed by atoms with Gasteiger partial charge in [-0.25, -0.2) is 19.2 Å². The van der Waals surface area contributed by atoms with Crippen molar-refractivity contribution in [2.45, 2.75) is 71.6 Å². The molecule has 0 radical (unpaired) electrons. The second kappa shape index (κ2) is 11.6. The lowest BCUT2D eigenvalue weighted by Gasteiger charge is -2.30. The average molecular weight is 593 g/mol. The molecule has 1 atom stereocenters. The molecule has 2 aliphatic rings. The fraction of sp³-hybridized carbons (Fsp3) is 0.406. The van der Waals surface area contributed by atoms with Crippen molar-refractivity contribution in [3.05, 3.63) is 87.6 Å². The highest BCUT2D eigenvalue weighted by atomic mass is 35.5. The number of hydrogen-bond acceptors (Lipinski definition) is 7. The summed E-state index contributed by atoms with van der Waals surface area (Å²) in [5.41, 5.74) is 4.39. The lowest BCUT2D eigenvalue weighted by Crippen LogP contribution is -2.34. The van der Waals surface area contributed by atoms with Crippen molar-refractivity contribution in [2.24, 2.45) is 0 Å². The number of halogens is 2. The van der Waals surface area contributed by atoms with E-state index in [1.807, 2.05) is 45.2 Å². The average Bonchev–Trinajstić information content (AvgIpc) is 3.24. The molecule has 0 bridgehead atoms. The molecule has 0 aliphatic carbocycles. The van der Waals surface area contributed by atoms with Crippen molar-refractivity contribution in [1.29, 1.82) is 0 Å². The van der Waals surface area contributed by atoms with Crippen LogP contribution in [-0.4, -0.2) is 50.3 Å². The van der Waals surface area contributed by atoms with Crippen molar-refractivity contribution in [3.8, 4) is 5.88 Å². The van der Waals surface area contributed by atoms with Gasteiger partial charge in [0.1, 0.15) is 23.8 Å². The summed E-state index contributed by atoms with van der Waals surface area (Å²) in [5.74, 6) is 0.625. The van der Waals surface area contributed by atoms with Gasteiger partial charge in [-0.1, -0.05) is 17.7 Å². The molecule has 4 heterocycles. The third-order valence-corrected chi connectivity index (χ3v) is 7.78. The molecule has 220 valence electrons. The zero-order valence-electron chi connectivity index (χ0n) is 24.0. The first kappa shape index (κ1) is 28.6. The van der Waals surface area contributed by atoms with E-state index in [0.717, 1.165) is 48.4 Å². The zero-order chi connectivity index (χ0) is 29.4. The SMILES string of the molecule is CC(C)(C)OC(=O)c1ccc2nc(CN3CCc4cnc(OCc5ccc(Cl)cc5F)cc4C3)n(C[C@@H]3CCO3)c2c1. The van der Waals surface area contributed by atoms with Gasteiger partial charge in [-0.15, -0.1) is 0 Å². The van der Waals surface area contributed by atoms with Crippen molar-refractivity contribution < 1.29 is 23.4 Å². The van der Waals surface area contributed by atoms with Gasteiger partial charge in [-0.05, 0) is 75.1 Å². The van der Waals surface area contributed by atoms with Crippen LogP contribution in [0, 0.1) is 5.82 Å². The number of benzene rings is 2. The summed E-state index contributed by atoms with van der Waals surface area (Å²) in [7, 11) is 0. The normalized spacial score (nSPS) is 17.1. The Hall–Kier alpha value is -3.53. The molecule has 6 rings (SSSR count). The van der Waals surface area contributed by atoms with Crippen LogP contribution >= 0.6 is 11.6 Å². The van der Waals surface area contributed by atoms with E-state index in [1.54, 1.807) is 18.2 Å². The predicted molar refractivity (Wildman–Crippen MR) is 157 cm³/mol. The number of ether oxygens (including phenoxy) is 3. The predicted octanol–water partition coefficient (Wildman–Crippen LogP) is 6.11. The lowest BCUT2D eigenvalue weighted by atomic mass is 10.0. The van der Waals surface area contributed by atoms with Gasteiger partial charge in [0, 0.05) is 42.5 Å². The number of carbonyl (C=O) groups is 1. The summed E-state index contributed by atoms with van der Waals surface area (Å²) in [6, 6.07) is 12.0. The molecule has 0 unspecified atom stereocenters. The van der Waals surface area contributed by atoms with E-state index < -0.39 is 11.4 Å². The number of rotatable bonds is 8. The Bertz CT molecular complexity index is 1630. The van der Waals surface area contributed by atoms with Crippen molar-refractivity contribution >= 4 is 28.6 Å². The maximum Gasteiger partial charge on any atom is 0.338 e. The number of esters is 1. The van der Waals surface area contributed by atoms with Gasteiger partial charge in [0.05, 0.1) is 35.8 Å². The number of imidazole rings is 1. The van der Waals surface area contributed by atoms with Crippen LogP contribution in [-0.2, 0) is 42.1 Å². The Kier molecular flexibility index (Phi) is 7.91. The Morgan fingerprint density at radius 1 is 1.17 bits per heavy atom. The molecule has 0 spiro atoms. The van der Waals surface area contributed by atoms with E-state index in [4.69, 9.17) is 30.8 Å². The second-order valence-corrected chi connectivity index (χ2v) is 12.3. The van der Waals surface area contributed by atoms with Crippen molar-refractivity contribution in [1.82, 2.24) is 19.4 Å². The second-order valence-electron chi connectivity index (χ2n) is 11.9. The van der Waals surface area contributed by atoms with E-state index in [0.29, 0.717) is 41.7 Å². The molecule has 1 fully saturated rings. The minimum atomic E-state index is -0.575. The molecule has 2 aromatic heterocycles. The molecule has 8 nitrogen and oxygen atoms in total. The van der Waals surface area contributed by atoms with Crippen LogP contribution in [0.2, 0.25) is 5.02 Å². The molecule has 42 heavy (non-hydrogen) atoms. The standard InChI is InChI=1S/C32H34ClFN4O4/c1-32(2,3)42-31(39)20-5-7-27-28(12-20)38(17-25-9-11-40-25)29(36-27)18-37-10-8-21-15-35-30(13-23(21)16-37)41-19-22-4-6-24(33)14-26(22)34/h4-7,12-15,25H,8-11,16-19H2,1-3H3/t25-/m0/s1. The van der Waals surface area contributed by atoms with Crippen LogP contribution in [0.1, 0.15) is 60.1 Å². The molecular weight excluding hydrogens is 559 g/mol. The van der Waals surface area contributed by atoms with Gasteiger partial charge in [0.15, 0.2) is 0 Å². The molecule has 0 saturated carbocycles. The summed E-state index contributed by atoms with van der Waals surface area (Å²) in [4.78, 5) is 24.6. The van der Waals surface area contributed by atoms with E-state index in [-0.39, 0.29) is 18.7 Å². The summed E-state index contributed by atoms with van der Waals surface area (Å²) >= 11 is 5.86. The van der Waals surface area contributed by atoms with E-state index in [9.17, 15) is 9.18 Å². The Morgan fingerprint density at radius 3 is 2.74 bits per heavy atom. The minimum Gasteiger partial charge on any atom is -0.473 e. The Labute approximate surface area is 249 Å². The number of fused-ring (bicyclic) bond motifs is 2. The first-order valence-corrected chi connectivity index (χ1v) is 14.6. The van der Waals surface area contributed by atoms with Gasteiger partial charge < -0.3 is 18.8 Å². The third-order valence-electron chi connectivity index (χ3n) is 7.55. The maximum absolute atomic E-state index is 14.2. The largest absolute Gasteiger partial charge is 0.473 e. The first-order chi connectivity index (χ1) is 20.1. The molecule has 4 aromatic rings. The van der Waals surface area contributed by atoms with Crippen LogP contribution in [0.5, 0.6) is 5.88 Å². The zero-order valence-corrected chi connectivity index (χ0v) is 24.8. The summed E-state index contributed by atoms with van der Waals surface area (Å²) < 4.78 is 33.6. The van der Waals surface area contributed by atoms with Crippen molar-refractivity contribution in [2.75, 3.05) is 13.2 Å². The van der Waals surface area contributed by atoms with Gasteiger partial charge in [-0.3, -0.25) is 4.90 Å². The van der Waals surface area contributed by atoms with Gasteiger partial charge in [-0.2, -0.15) is 0 Å². The molecule has 10 heteroatoms. The van der Waals surface area contributed by atoms with E-state index >= 15 is 0 Å². The van der Waals surface area contributed by atoms with E-state index in [1.165, 1.54) is 11.6 Å². The topological polar surface area (TPSA) is 78.7 Å². The monoisotopic (exact) mass is 592 g/mol. The highest BCUT2D eigenvalue weighted by molar-refractivity contribution is 6.30. The molecule has 0 N–H and O–H groups in total. The fourth-order valence-corrected chi connectivity index (χ4v) is 5.43. The van der Waals surface area contributed by atoms with Crippen LogP contribution in [0.4, 0.5) is 4.39 Å². The highest BCUT2D eigenvalue weighted by Gasteiger charge is 2.26. The van der Waals surface area contributed by atoms with Crippen molar-refractivity contribution in [3.63, 3.8) is 0 Å². The van der Waals surface area contributed by atoms with Crippen LogP contribution in [0.25, 0.3) is 11.0 Å². The molecule has 1 saturated heterocycles. The maximum atomic E-state index is 14.2. The quantitative estimate of drug-likeness (QED) is 0.229. The Balaban J connectivity index is 1.20. The first-order valence-electron chi connectivity index (χ1n) is 14.2. The third kappa shape index (κ3) is 6.43.